The van der Waals surface area contributed by atoms with Crippen LogP contribution < -0.4 is 5.32 Å². The molecule has 82 valence electrons. The number of carbonyl (C=O) groups is 1. The van der Waals surface area contributed by atoms with Gasteiger partial charge in [0.2, 0.25) is 5.69 Å². The molecule has 1 amide bonds. The minimum atomic E-state index is -0.680. The van der Waals surface area contributed by atoms with Gasteiger partial charge in [-0.1, -0.05) is 0 Å². The number of anilines is 1. The zero-order chi connectivity index (χ0) is 11.5. The van der Waals surface area contributed by atoms with Crippen molar-refractivity contribution in [3.8, 4) is 0 Å². The van der Waals surface area contributed by atoms with Crippen molar-refractivity contribution in [3.05, 3.63) is 33.6 Å². The molecule has 2 heterocycles. The molecule has 0 saturated carbocycles. The molecule has 0 saturated heterocycles. The Kier molecular flexibility index (Phi) is 2.60. The van der Waals surface area contributed by atoms with Gasteiger partial charge in [0.1, 0.15) is 6.20 Å². The summed E-state index contributed by atoms with van der Waals surface area (Å²) in [6.07, 6.45) is 2.50. The minimum absolute atomic E-state index is 0.194. The van der Waals surface area contributed by atoms with Gasteiger partial charge in [-0.2, -0.15) is 5.10 Å². The van der Waals surface area contributed by atoms with E-state index in [4.69, 9.17) is 0 Å². The van der Waals surface area contributed by atoms with E-state index in [9.17, 15) is 14.9 Å². The van der Waals surface area contributed by atoms with Crippen LogP contribution in [0.2, 0.25) is 0 Å². The highest BCUT2D eigenvalue weighted by Crippen LogP contribution is 2.17. The van der Waals surface area contributed by atoms with Crippen LogP contribution in [0.25, 0.3) is 0 Å². The minimum Gasteiger partial charge on any atom is -0.296 e. The fraction of sp³-hybridized carbons (Fsp3) is 0. The SMILES string of the molecule is O=C(Nc1nccs1)c1[nH]ncc1[N+](=O)[O-]. The van der Waals surface area contributed by atoms with E-state index in [2.05, 4.69) is 20.5 Å². The van der Waals surface area contributed by atoms with E-state index in [1.54, 1.807) is 5.38 Å². The van der Waals surface area contributed by atoms with E-state index in [0.717, 1.165) is 6.20 Å². The zero-order valence-electron chi connectivity index (χ0n) is 7.71. The summed E-state index contributed by atoms with van der Waals surface area (Å²) >= 11 is 1.22. The van der Waals surface area contributed by atoms with E-state index >= 15 is 0 Å². The van der Waals surface area contributed by atoms with Crippen LogP contribution in [0, 0.1) is 10.1 Å². The van der Waals surface area contributed by atoms with Gasteiger partial charge in [0, 0.05) is 11.6 Å². The molecule has 0 radical (unpaired) electrons. The number of nitrogens with zero attached hydrogens (tertiary/aromatic N) is 3. The number of rotatable bonds is 3. The average Bonchev–Trinajstić information content (AvgIpc) is 2.86. The Morgan fingerprint density at radius 1 is 1.62 bits per heavy atom. The number of thiazole rings is 1. The molecule has 0 bridgehead atoms. The molecule has 2 aromatic rings. The van der Waals surface area contributed by atoms with Crippen molar-refractivity contribution in [2.45, 2.75) is 0 Å². The number of H-pyrrole nitrogens is 1. The van der Waals surface area contributed by atoms with Crippen LogP contribution in [0.1, 0.15) is 10.5 Å². The lowest BCUT2D eigenvalue weighted by atomic mass is 10.3. The lowest BCUT2D eigenvalue weighted by Crippen LogP contribution is -2.13. The summed E-state index contributed by atoms with van der Waals surface area (Å²) in [6.45, 7) is 0. The third kappa shape index (κ3) is 1.88. The second-order valence-corrected chi connectivity index (χ2v) is 3.57. The molecule has 0 aliphatic carbocycles. The molecule has 0 spiro atoms. The smallest absolute Gasteiger partial charge is 0.296 e. The van der Waals surface area contributed by atoms with Gasteiger partial charge in [0.25, 0.3) is 5.91 Å². The molecule has 0 fully saturated rings. The number of nitrogens with one attached hydrogen (secondary N) is 2. The molecule has 0 aliphatic rings. The molecule has 16 heavy (non-hydrogen) atoms. The molecular weight excluding hydrogens is 234 g/mol. The topological polar surface area (TPSA) is 114 Å². The van der Waals surface area contributed by atoms with E-state index in [0.29, 0.717) is 5.13 Å². The normalized spacial score (nSPS) is 10.0. The molecule has 0 unspecified atom stereocenters. The first-order chi connectivity index (χ1) is 7.68. The molecule has 2 aromatic heterocycles. The number of hydrogen-bond donors (Lipinski definition) is 2. The number of amides is 1. The molecular formula is C7H5N5O3S. The van der Waals surface area contributed by atoms with Gasteiger partial charge >= 0.3 is 5.69 Å². The fourth-order valence-corrected chi connectivity index (χ4v) is 1.55. The van der Waals surface area contributed by atoms with Crippen molar-refractivity contribution in [3.63, 3.8) is 0 Å². The van der Waals surface area contributed by atoms with Crippen LogP contribution in [0.3, 0.4) is 0 Å². The van der Waals surface area contributed by atoms with E-state index in [1.807, 2.05) is 0 Å². The second-order valence-electron chi connectivity index (χ2n) is 2.68. The summed E-state index contributed by atoms with van der Waals surface area (Å²) in [5, 5.41) is 20.7. The highest BCUT2D eigenvalue weighted by molar-refractivity contribution is 7.13. The maximum atomic E-state index is 11.6. The third-order valence-corrected chi connectivity index (χ3v) is 2.38. The Morgan fingerprint density at radius 2 is 2.44 bits per heavy atom. The Hall–Kier alpha value is -2.29. The molecule has 9 heteroatoms. The maximum absolute atomic E-state index is 11.6. The van der Waals surface area contributed by atoms with Crippen molar-refractivity contribution in [1.29, 1.82) is 0 Å². The number of carbonyl (C=O) groups excluding carboxylic acids is 1. The molecule has 0 atom stereocenters. The third-order valence-electron chi connectivity index (χ3n) is 1.70. The van der Waals surface area contributed by atoms with Gasteiger partial charge in [-0.3, -0.25) is 25.3 Å². The monoisotopic (exact) mass is 239 g/mol. The largest absolute Gasteiger partial charge is 0.319 e. The van der Waals surface area contributed by atoms with Crippen LogP contribution in [-0.2, 0) is 0 Å². The summed E-state index contributed by atoms with van der Waals surface area (Å²) in [4.78, 5) is 25.3. The Morgan fingerprint density at radius 3 is 3.06 bits per heavy atom. The summed E-state index contributed by atoms with van der Waals surface area (Å²) in [5.74, 6) is -0.640. The number of nitro groups is 1. The summed E-state index contributed by atoms with van der Waals surface area (Å²) < 4.78 is 0. The quantitative estimate of drug-likeness (QED) is 0.613. The first-order valence-electron chi connectivity index (χ1n) is 4.07. The van der Waals surface area contributed by atoms with E-state index in [1.165, 1.54) is 17.5 Å². The van der Waals surface area contributed by atoms with Gasteiger partial charge in [0.15, 0.2) is 5.13 Å². The van der Waals surface area contributed by atoms with Crippen molar-refractivity contribution in [2.24, 2.45) is 0 Å². The van der Waals surface area contributed by atoms with Crippen LogP contribution in [0.15, 0.2) is 17.8 Å². The van der Waals surface area contributed by atoms with Gasteiger partial charge in [-0.15, -0.1) is 11.3 Å². The highest BCUT2D eigenvalue weighted by Gasteiger charge is 2.23. The Labute approximate surface area is 92.5 Å². The van der Waals surface area contributed by atoms with Crippen molar-refractivity contribution < 1.29 is 9.72 Å². The summed E-state index contributed by atoms with van der Waals surface area (Å²) in [6, 6.07) is 0. The second kappa shape index (κ2) is 4.06. The molecule has 2 N–H and O–H groups in total. The number of aromatic amines is 1. The first kappa shape index (κ1) is 10.2. The Balaban J connectivity index is 2.21. The molecule has 0 aromatic carbocycles. The number of hydrogen-bond acceptors (Lipinski definition) is 6. The summed E-state index contributed by atoms with van der Waals surface area (Å²) in [7, 11) is 0. The fourth-order valence-electron chi connectivity index (χ4n) is 1.03. The molecule has 2 rings (SSSR count). The lowest BCUT2D eigenvalue weighted by Gasteiger charge is -1.97. The van der Waals surface area contributed by atoms with Crippen LogP contribution in [0.5, 0.6) is 0 Å². The highest BCUT2D eigenvalue weighted by atomic mass is 32.1. The first-order valence-corrected chi connectivity index (χ1v) is 4.95. The lowest BCUT2D eigenvalue weighted by molar-refractivity contribution is -0.385. The van der Waals surface area contributed by atoms with Crippen molar-refractivity contribution in [2.75, 3.05) is 5.32 Å². The maximum Gasteiger partial charge on any atom is 0.319 e. The van der Waals surface area contributed by atoms with E-state index in [-0.39, 0.29) is 11.4 Å². The predicted octanol–water partition coefficient (Wildman–Crippen LogP) is 1.03. The van der Waals surface area contributed by atoms with E-state index < -0.39 is 10.8 Å². The van der Waals surface area contributed by atoms with Crippen molar-refractivity contribution in [1.82, 2.24) is 15.2 Å². The zero-order valence-corrected chi connectivity index (χ0v) is 8.52. The van der Waals surface area contributed by atoms with Crippen LogP contribution in [0.4, 0.5) is 10.8 Å². The standard InChI is InChI=1S/C7H5N5O3S/c13-6(10-7-8-1-2-16-7)5-4(12(14)15)3-9-11-5/h1-3H,(H,9,11)(H,8,10,13). The molecule has 8 nitrogen and oxygen atoms in total. The predicted molar refractivity (Wildman–Crippen MR) is 55.3 cm³/mol. The van der Waals surface area contributed by atoms with Gasteiger partial charge in [-0.25, -0.2) is 4.98 Å². The number of aromatic nitrogens is 3. The van der Waals surface area contributed by atoms with Crippen LogP contribution >= 0.6 is 11.3 Å². The van der Waals surface area contributed by atoms with Crippen LogP contribution in [-0.4, -0.2) is 26.0 Å². The molecule has 0 aliphatic heterocycles. The Bertz CT molecular complexity index is 520. The summed E-state index contributed by atoms with van der Waals surface area (Å²) in [5.41, 5.74) is -0.561. The van der Waals surface area contributed by atoms with Crippen molar-refractivity contribution >= 4 is 28.1 Å². The van der Waals surface area contributed by atoms with Gasteiger partial charge in [-0.05, 0) is 0 Å². The van der Waals surface area contributed by atoms with Gasteiger partial charge in [0.05, 0.1) is 4.92 Å². The average molecular weight is 239 g/mol. The van der Waals surface area contributed by atoms with Gasteiger partial charge < -0.3 is 0 Å².